The molecule has 0 bridgehead atoms. The second-order valence-corrected chi connectivity index (χ2v) is 10.8. The fourth-order valence-electron chi connectivity index (χ4n) is 4.56. The molecule has 4 rings (SSSR count). The lowest BCUT2D eigenvalue weighted by Crippen LogP contribution is -2.44. The maximum Gasteiger partial charge on any atom is 0.243 e. The molecule has 7 heteroatoms. The molecule has 1 aliphatic carbocycles. The van der Waals surface area contributed by atoms with Crippen molar-refractivity contribution in [2.24, 2.45) is 5.92 Å². The quantitative estimate of drug-likeness (QED) is 0.448. The van der Waals surface area contributed by atoms with Crippen LogP contribution in [0.1, 0.15) is 37.7 Å². The zero-order chi connectivity index (χ0) is 22.6. The highest BCUT2D eigenvalue weighted by Crippen LogP contribution is 2.33. The SMILES string of the molecule is O=S(=O)(c1ccc(Cl)cc1)N(Cc1ccc(-c2ccc[nH]2)cc1)[C@@H]1CCCCC[C@@H]1CO. The minimum Gasteiger partial charge on any atom is -0.396 e. The van der Waals surface area contributed by atoms with Gasteiger partial charge in [-0.1, -0.05) is 55.1 Å². The Hall–Kier alpha value is -2.12. The van der Waals surface area contributed by atoms with Crippen LogP contribution in [0.15, 0.2) is 71.8 Å². The van der Waals surface area contributed by atoms with Gasteiger partial charge in [0.2, 0.25) is 10.0 Å². The summed E-state index contributed by atoms with van der Waals surface area (Å²) >= 11 is 6.00. The number of rotatable bonds is 7. The Labute approximate surface area is 195 Å². The van der Waals surface area contributed by atoms with Gasteiger partial charge in [0.25, 0.3) is 0 Å². The normalized spacial score (nSPS) is 19.7. The molecule has 0 unspecified atom stereocenters. The lowest BCUT2D eigenvalue weighted by atomic mass is 9.95. The third-order valence-corrected chi connectivity index (χ3v) is 8.48. The summed E-state index contributed by atoms with van der Waals surface area (Å²) in [5.41, 5.74) is 2.98. The van der Waals surface area contributed by atoms with Crippen molar-refractivity contribution < 1.29 is 13.5 Å². The van der Waals surface area contributed by atoms with Gasteiger partial charge in [0.15, 0.2) is 0 Å². The molecule has 1 fully saturated rings. The Morgan fingerprint density at radius 3 is 2.34 bits per heavy atom. The molecule has 2 atom stereocenters. The molecule has 1 heterocycles. The number of hydrogen-bond donors (Lipinski definition) is 2. The smallest absolute Gasteiger partial charge is 0.243 e. The van der Waals surface area contributed by atoms with Crippen molar-refractivity contribution in [1.82, 2.24) is 9.29 Å². The molecule has 1 aliphatic rings. The highest BCUT2D eigenvalue weighted by atomic mass is 35.5. The van der Waals surface area contributed by atoms with E-state index in [1.165, 1.54) is 0 Å². The Balaban J connectivity index is 1.69. The van der Waals surface area contributed by atoms with Crippen LogP contribution in [0.25, 0.3) is 11.3 Å². The number of aromatic nitrogens is 1. The van der Waals surface area contributed by atoms with Gasteiger partial charge in [0.1, 0.15) is 0 Å². The van der Waals surface area contributed by atoms with E-state index < -0.39 is 10.0 Å². The maximum absolute atomic E-state index is 13.8. The monoisotopic (exact) mass is 472 g/mol. The maximum atomic E-state index is 13.8. The molecule has 1 aromatic heterocycles. The van der Waals surface area contributed by atoms with Crippen LogP contribution in [0.4, 0.5) is 0 Å². The third-order valence-electron chi connectivity index (χ3n) is 6.34. The number of aromatic amines is 1. The first-order valence-corrected chi connectivity index (χ1v) is 12.9. The Morgan fingerprint density at radius 1 is 0.969 bits per heavy atom. The predicted molar refractivity (Wildman–Crippen MR) is 128 cm³/mol. The van der Waals surface area contributed by atoms with E-state index in [4.69, 9.17) is 11.6 Å². The molecule has 0 aliphatic heterocycles. The summed E-state index contributed by atoms with van der Waals surface area (Å²) in [5, 5.41) is 10.6. The number of hydrogen-bond acceptors (Lipinski definition) is 3. The highest BCUT2D eigenvalue weighted by molar-refractivity contribution is 7.89. The largest absolute Gasteiger partial charge is 0.396 e. The Bertz CT molecular complexity index is 1100. The zero-order valence-electron chi connectivity index (χ0n) is 18.0. The Kier molecular flexibility index (Phi) is 7.36. The van der Waals surface area contributed by atoms with E-state index in [0.717, 1.165) is 48.9 Å². The van der Waals surface area contributed by atoms with Gasteiger partial charge in [-0.25, -0.2) is 8.42 Å². The number of halogens is 1. The minimum absolute atomic E-state index is 0.0108. The first kappa shape index (κ1) is 23.1. The molecule has 32 heavy (non-hydrogen) atoms. The van der Waals surface area contributed by atoms with Gasteiger partial charge in [-0.05, 0) is 66.3 Å². The lowest BCUT2D eigenvalue weighted by Gasteiger charge is -2.35. The van der Waals surface area contributed by atoms with E-state index in [-0.39, 0.29) is 30.0 Å². The first-order chi connectivity index (χ1) is 15.5. The van der Waals surface area contributed by atoms with Crippen molar-refractivity contribution in [3.8, 4) is 11.3 Å². The minimum atomic E-state index is -3.77. The van der Waals surface area contributed by atoms with Crippen molar-refractivity contribution in [3.63, 3.8) is 0 Å². The topological polar surface area (TPSA) is 73.4 Å². The second kappa shape index (κ2) is 10.2. The van der Waals surface area contributed by atoms with Gasteiger partial charge in [-0.15, -0.1) is 0 Å². The van der Waals surface area contributed by atoms with Gasteiger partial charge in [0.05, 0.1) is 4.90 Å². The van der Waals surface area contributed by atoms with Gasteiger partial charge < -0.3 is 10.1 Å². The van der Waals surface area contributed by atoms with Crippen LogP contribution in [0, 0.1) is 5.92 Å². The number of aliphatic hydroxyl groups is 1. The number of nitrogens with one attached hydrogen (secondary N) is 1. The van der Waals surface area contributed by atoms with Gasteiger partial charge >= 0.3 is 0 Å². The molecule has 170 valence electrons. The van der Waals surface area contributed by atoms with Crippen LogP contribution in [0.3, 0.4) is 0 Å². The standard InChI is InChI=1S/C25H29ClN2O3S/c26-22-12-14-23(15-13-22)32(30,31)28(25-7-3-1-2-5-21(25)18-29)17-19-8-10-20(11-9-19)24-6-4-16-27-24/h4,6,8-16,21,25,27,29H,1-3,5,7,17-18H2/t21-,25-/m1/s1. The predicted octanol–water partition coefficient (Wildman–Crippen LogP) is 5.47. The van der Waals surface area contributed by atoms with Crippen LogP contribution < -0.4 is 0 Å². The fourth-order valence-corrected chi connectivity index (χ4v) is 6.39. The molecule has 0 radical (unpaired) electrons. The summed E-state index contributed by atoms with van der Waals surface area (Å²) in [7, 11) is -3.77. The first-order valence-electron chi connectivity index (χ1n) is 11.1. The van der Waals surface area contributed by atoms with Crippen LogP contribution in [0.5, 0.6) is 0 Å². The van der Waals surface area contributed by atoms with E-state index >= 15 is 0 Å². The second-order valence-electron chi connectivity index (χ2n) is 8.43. The van der Waals surface area contributed by atoms with Crippen molar-refractivity contribution in [2.75, 3.05) is 6.61 Å². The number of benzene rings is 2. The molecule has 2 N–H and O–H groups in total. The van der Waals surface area contributed by atoms with E-state index in [1.54, 1.807) is 28.6 Å². The summed E-state index contributed by atoms with van der Waals surface area (Å²) in [6.07, 6.45) is 6.50. The molecule has 5 nitrogen and oxygen atoms in total. The summed E-state index contributed by atoms with van der Waals surface area (Å²) in [4.78, 5) is 3.42. The molecular weight excluding hydrogens is 444 g/mol. The summed E-state index contributed by atoms with van der Waals surface area (Å²) in [5.74, 6) is -0.0715. The average Bonchev–Trinajstić information content (AvgIpc) is 3.24. The van der Waals surface area contributed by atoms with Crippen molar-refractivity contribution in [1.29, 1.82) is 0 Å². The molecule has 1 saturated carbocycles. The molecule has 0 saturated heterocycles. The van der Waals surface area contributed by atoms with Crippen LogP contribution in [-0.4, -0.2) is 35.5 Å². The summed E-state index contributed by atoms with van der Waals surface area (Å²) in [6, 6.07) is 18.0. The van der Waals surface area contributed by atoms with Gasteiger partial charge in [0, 0.05) is 36.1 Å². The molecule has 0 spiro atoms. The summed E-state index contributed by atoms with van der Waals surface area (Å²) < 4.78 is 29.1. The van der Waals surface area contributed by atoms with E-state index in [9.17, 15) is 13.5 Å². The number of nitrogens with zero attached hydrogens (tertiary/aromatic N) is 1. The Morgan fingerprint density at radius 2 is 1.69 bits per heavy atom. The average molecular weight is 473 g/mol. The molecular formula is C25H29ClN2O3S. The highest BCUT2D eigenvalue weighted by Gasteiger charge is 2.36. The van der Waals surface area contributed by atoms with Crippen molar-refractivity contribution >= 4 is 21.6 Å². The third kappa shape index (κ3) is 5.09. The van der Waals surface area contributed by atoms with Crippen LogP contribution in [-0.2, 0) is 16.6 Å². The van der Waals surface area contributed by atoms with Gasteiger partial charge in [-0.3, -0.25) is 0 Å². The van der Waals surface area contributed by atoms with Crippen LogP contribution >= 0.6 is 11.6 Å². The van der Waals surface area contributed by atoms with E-state index in [2.05, 4.69) is 4.98 Å². The zero-order valence-corrected chi connectivity index (χ0v) is 19.5. The fraction of sp³-hybridized carbons (Fsp3) is 0.360. The van der Waals surface area contributed by atoms with E-state index in [0.29, 0.717) is 5.02 Å². The van der Waals surface area contributed by atoms with Gasteiger partial charge in [-0.2, -0.15) is 4.31 Å². The lowest BCUT2D eigenvalue weighted by molar-refractivity contribution is 0.139. The molecule has 2 aromatic carbocycles. The number of sulfonamides is 1. The van der Waals surface area contributed by atoms with Crippen molar-refractivity contribution in [2.45, 2.75) is 49.6 Å². The molecule has 0 amide bonds. The number of aliphatic hydroxyl groups excluding tert-OH is 1. The van der Waals surface area contributed by atoms with E-state index in [1.807, 2.05) is 42.6 Å². The molecule has 3 aromatic rings. The van der Waals surface area contributed by atoms with Crippen LogP contribution in [0.2, 0.25) is 5.02 Å². The summed E-state index contributed by atoms with van der Waals surface area (Å²) in [6.45, 7) is 0.250. The number of H-pyrrole nitrogens is 1. The van der Waals surface area contributed by atoms with Crippen molar-refractivity contribution in [3.05, 3.63) is 77.4 Å².